The molecule has 0 radical (unpaired) electrons. The number of anilines is 3. The molecular formula is C16H17N3O4S. The third-order valence-corrected chi connectivity index (χ3v) is 4.90. The number of nitrogens with one attached hydrogen (secondary N) is 2. The van der Waals surface area contributed by atoms with Crippen LogP contribution in [0.15, 0.2) is 52.3 Å². The van der Waals surface area contributed by atoms with Crippen LogP contribution >= 0.6 is 0 Å². The number of carbonyl (C=O) groups excluding carboxylic acids is 2. The zero-order valence-electron chi connectivity index (χ0n) is 13.2. The molecule has 0 fully saturated rings. The van der Waals surface area contributed by atoms with Crippen molar-refractivity contribution in [3.63, 3.8) is 0 Å². The fourth-order valence-electron chi connectivity index (χ4n) is 2.06. The van der Waals surface area contributed by atoms with Gasteiger partial charge in [0.15, 0.2) is 0 Å². The van der Waals surface area contributed by atoms with E-state index in [2.05, 4.69) is 10.6 Å². The number of carbonyl (C=O) groups is 2. The van der Waals surface area contributed by atoms with Crippen molar-refractivity contribution >= 4 is 38.7 Å². The zero-order chi connectivity index (χ0) is 17.9. The lowest BCUT2D eigenvalue weighted by Crippen LogP contribution is -2.10. The molecule has 0 saturated carbocycles. The summed E-state index contributed by atoms with van der Waals surface area (Å²) in [6, 6.07) is 9.90. The first-order valence-corrected chi connectivity index (χ1v) is 8.48. The number of amides is 2. The van der Waals surface area contributed by atoms with Gasteiger partial charge in [0.05, 0.1) is 21.2 Å². The lowest BCUT2D eigenvalue weighted by Gasteiger charge is -2.10. The van der Waals surface area contributed by atoms with Crippen LogP contribution in [0.4, 0.5) is 17.1 Å². The van der Waals surface area contributed by atoms with Crippen LogP contribution in [-0.2, 0) is 19.4 Å². The summed E-state index contributed by atoms with van der Waals surface area (Å²) >= 11 is 0. The maximum absolute atomic E-state index is 12.7. The van der Waals surface area contributed by atoms with Crippen LogP contribution in [0.3, 0.4) is 0 Å². The van der Waals surface area contributed by atoms with Crippen LogP contribution in [0, 0.1) is 0 Å². The third kappa shape index (κ3) is 3.90. The summed E-state index contributed by atoms with van der Waals surface area (Å²) in [7, 11) is -3.78. The Bertz CT molecular complexity index is 890. The minimum atomic E-state index is -3.78. The number of sulfone groups is 1. The van der Waals surface area contributed by atoms with Crippen LogP contribution in [0.5, 0.6) is 0 Å². The monoisotopic (exact) mass is 347 g/mol. The highest BCUT2D eigenvalue weighted by Crippen LogP contribution is 2.27. The highest BCUT2D eigenvalue weighted by atomic mass is 32.2. The summed E-state index contributed by atoms with van der Waals surface area (Å²) in [4.78, 5) is 22.2. The second kappa shape index (κ2) is 6.71. The van der Waals surface area contributed by atoms with Crippen LogP contribution in [0.25, 0.3) is 0 Å². The van der Waals surface area contributed by atoms with Crippen molar-refractivity contribution < 1.29 is 18.0 Å². The molecule has 2 aromatic rings. The molecule has 0 aromatic heterocycles. The number of hydrogen-bond acceptors (Lipinski definition) is 5. The van der Waals surface area contributed by atoms with Gasteiger partial charge in [0.2, 0.25) is 21.7 Å². The minimum absolute atomic E-state index is 0.00715. The second-order valence-electron chi connectivity index (χ2n) is 5.14. The first-order chi connectivity index (χ1) is 11.2. The Morgan fingerprint density at radius 3 is 1.96 bits per heavy atom. The van der Waals surface area contributed by atoms with E-state index in [0.717, 1.165) is 0 Å². The van der Waals surface area contributed by atoms with E-state index >= 15 is 0 Å². The molecule has 0 heterocycles. The van der Waals surface area contributed by atoms with E-state index in [0.29, 0.717) is 5.69 Å². The topological polar surface area (TPSA) is 118 Å². The number of benzene rings is 2. The molecule has 7 nitrogen and oxygen atoms in total. The van der Waals surface area contributed by atoms with Crippen LogP contribution in [-0.4, -0.2) is 20.2 Å². The van der Waals surface area contributed by atoms with Gasteiger partial charge in [0.25, 0.3) is 0 Å². The van der Waals surface area contributed by atoms with Crippen molar-refractivity contribution in [1.29, 1.82) is 0 Å². The van der Waals surface area contributed by atoms with E-state index in [1.165, 1.54) is 56.3 Å². The van der Waals surface area contributed by atoms with Gasteiger partial charge in [-0.1, -0.05) is 0 Å². The third-order valence-electron chi connectivity index (χ3n) is 3.13. The van der Waals surface area contributed by atoms with Gasteiger partial charge in [0, 0.05) is 19.5 Å². The number of nitrogens with two attached hydrogens (primary N) is 1. The van der Waals surface area contributed by atoms with E-state index in [1.54, 1.807) is 0 Å². The Labute approximate surface area is 139 Å². The quantitative estimate of drug-likeness (QED) is 0.731. The molecule has 0 aliphatic carbocycles. The van der Waals surface area contributed by atoms with Crippen molar-refractivity contribution in [2.45, 2.75) is 23.6 Å². The summed E-state index contributed by atoms with van der Waals surface area (Å²) in [5, 5.41) is 5.06. The van der Waals surface area contributed by atoms with Crippen LogP contribution < -0.4 is 16.4 Å². The summed E-state index contributed by atoms with van der Waals surface area (Å²) in [6.07, 6.45) is 0. The molecule has 0 saturated heterocycles. The van der Waals surface area contributed by atoms with Crippen molar-refractivity contribution in [2.24, 2.45) is 0 Å². The van der Waals surface area contributed by atoms with Gasteiger partial charge in [0.1, 0.15) is 0 Å². The van der Waals surface area contributed by atoms with Crippen molar-refractivity contribution in [3.8, 4) is 0 Å². The van der Waals surface area contributed by atoms with Gasteiger partial charge in [-0.3, -0.25) is 9.59 Å². The minimum Gasteiger partial charge on any atom is -0.397 e. The molecule has 0 aliphatic rings. The summed E-state index contributed by atoms with van der Waals surface area (Å²) < 4.78 is 25.4. The van der Waals surface area contributed by atoms with Gasteiger partial charge >= 0.3 is 0 Å². The second-order valence-corrected chi connectivity index (χ2v) is 7.09. The number of hydrogen-bond donors (Lipinski definition) is 3. The summed E-state index contributed by atoms with van der Waals surface area (Å²) in [5.41, 5.74) is 6.74. The lowest BCUT2D eigenvalue weighted by atomic mass is 10.2. The van der Waals surface area contributed by atoms with Crippen LogP contribution in [0.1, 0.15) is 13.8 Å². The van der Waals surface area contributed by atoms with Gasteiger partial charge in [-0.25, -0.2) is 8.42 Å². The molecule has 0 spiro atoms. The Kier molecular flexibility index (Phi) is 4.89. The first-order valence-electron chi connectivity index (χ1n) is 7.00. The Hall–Kier alpha value is -2.87. The molecule has 0 bridgehead atoms. The molecule has 8 heteroatoms. The lowest BCUT2D eigenvalue weighted by molar-refractivity contribution is -0.115. The number of nitrogen functional groups attached to an aromatic ring is 1. The fraction of sp³-hybridized carbons (Fsp3) is 0.125. The molecule has 2 amide bonds. The normalized spacial score (nSPS) is 10.9. The Balaban J connectivity index is 2.39. The van der Waals surface area contributed by atoms with Crippen molar-refractivity contribution in [2.75, 3.05) is 16.4 Å². The summed E-state index contributed by atoms with van der Waals surface area (Å²) in [6.45, 7) is 2.67. The van der Waals surface area contributed by atoms with Crippen molar-refractivity contribution in [1.82, 2.24) is 0 Å². The van der Waals surface area contributed by atoms with E-state index < -0.39 is 9.84 Å². The molecule has 126 valence electrons. The Morgan fingerprint density at radius 1 is 0.875 bits per heavy atom. The standard InChI is InChI=1S/C16H17N3O4S/c1-10(20)18-12-3-5-13(6-4-12)24(22,23)14-7-8-15(17)16(9-14)19-11(2)21/h3-9H,17H2,1-2H3,(H,18,20)(H,19,21). The SMILES string of the molecule is CC(=O)Nc1ccc(S(=O)(=O)c2ccc(N)c(NC(C)=O)c2)cc1. The maximum Gasteiger partial charge on any atom is 0.221 e. The van der Waals surface area contributed by atoms with Gasteiger partial charge in [-0.05, 0) is 42.5 Å². The van der Waals surface area contributed by atoms with E-state index in [-0.39, 0.29) is 33.0 Å². The van der Waals surface area contributed by atoms with E-state index in [9.17, 15) is 18.0 Å². The highest BCUT2D eigenvalue weighted by molar-refractivity contribution is 7.91. The number of rotatable bonds is 4. The predicted octanol–water partition coefficient (Wildman–Crippen LogP) is 2.02. The average Bonchev–Trinajstić information content (AvgIpc) is 2.49. The summed E-state index contributed by atoms with van der Waals surface area (Å²) in [5.74, 6) is -0.597. The molecule has 2 aromatic carbocycles. The first kappa shape index (κ1) is 17.5. The molecule has 4 N–H and O–H groups in total. The largest absolute Gasteiger partial charge is 0.397 e. The van der Waals surface area contributed by atoms with E-state index in [1.807, 2.05) is 0 Å². The van der Waals surface area contributed by atoms with Gasteiger partial charge in [-0.2, -0.15) is 0 Å². The average molecular weight is 347 g/mol. The van der Waals surface area contributed by atoms with Crippen LogP contribution in [0.2, 0.25) is 0 Å². The maximum atomic E-state index is 12.7. The van der Waals surface area contributed by atoms with Gasteiger partial charge in [-0.15, -0.1) is 0 Å². The fourth-order valence-corrected chi connectivity index (χ4v) is 3.34. The molecule has 2 rings (SSSR count). The van der Waals surface area contributed by atoms with Gasteiger partial charge < -0.3 is 16.4 Å². The molecule has 0 unspecified atom stereocenters. The highest BCUT2D eigenvalue weighted by Gasteiger charge is 2.19. The molecule has 0 atom stereocenters. The zero-order valence-corrected chi connectivity index (χ0v) is 14.0. The molecular weight excluding hydrogens is 330 g/mol. The van der Waals surface area contributed by atoms with E-state index in [4.69, 9.17) is 5.73 Å². The predicted molar refractivity (Wildman–Crippen MR) is 91.4 cm³/mol. The van der Waals surface area contributed by atoms with Crippen molar-refractivity contribution in [3.05, 3.63) is 42.5 Å². The Morgan fingerprint density at radius 2 is 1.42 bits per heavy atom. The molecule has 0 aliphatic heterocycles. The molecule has 24 heavy (non-hydrogen) atoms. The smallest absolute Gasteiger partial charge is 0.221 e.